The first-order valence-electron chi connectivity index (χ1n) is 7.91. The Morgan fingerprint density at radius 2 is 1.76 bits per heavy atom. The van der Waals surface area contributed by atoms with Gasteiger partial charge >= 0.3 is 0 Å². The molecule has 4 heteroatoms. The Morgan fingerprint density at radius 1 is 1.14 bits per heavy atom. The van der Waals surface area contributed by atoms with Crippen LogP contribution in [0.15, 0.2) is 17.0 Å². The number of rotatable bonds is 6. The van der Waals surface area contributed by atoms with Gasteiger partial charge in [-0.1, -0.05) is 33.1 Å². The molecule has 1 nitrogen and oxygen atoms in total. The Balaban J connectivity index is 1.99. The summed E-state index contributed by atoms with van der Waals surface area (Å²) < 4.78 is 28.3. The Labute approximate surface area is 130 Å². The van der Waals surface area contributed by atoms with Crippen molar-refractivity contribution in [2.24, 2.45) is 5.92 Å². The maximum atomic E-state index is 14.2. The highest BCUT2D eigenvalue weighted by molar-refractivity contribution is 8.00. The maximum absolute atomic E-state index is 14.2. The van der Waals surface area contributed by atoms with Crippen molar-refractivity contribution in [1.29, 1.82) is 0 Å². The van der Waals surface area contributed by atoms with Crippen molar-refractivity contribution >= 4 is 11.8 Å². The first-order chi connectivity index (χ1) is 10.1. The summed E-state index contributed by atoms with van der Waals surface area (Å²) in [5.74, 6) is -0.292. The molecule has 0 amide bonds. The predicted molar refractivity (Wildman–Crippen MR) is 85.6 cm³/mol. The van der Waals surface area contributed by atoms with Gasteiger partial charge in [-0.3, -0.25) is 0 Å². The summed E-state index contributed by atoms with van der Waals surface area (Å²) in [4.78, 5) is 0.203. The molecule has 0 heterocycles. The molecular formula is C17H25F2NS. The van der Waals surface area contributed by atoms with Crippen molar-refractivity contribution in [2.45, 2.75) is 62.6 Å². The summed E-state index contributed by atoms with van der Waals surface area (Å²) in [6, 6.07) is 2.95. The highest BCUT2D eigenvalue weighted by atomic mass is 32.2. The fourth-order valence-corrected chi connectivity index (χ4v) is 3.93. The molecule has 21 heavy (non-hydrogen) atoms. The summed E-state index contributed by atoms with van der Waals surface area (Å²) in [5, 5.41) is 3.58. The van der Waals surface area contributed by atoms with Gasteiger partial charge in [0.15, 0.2) is 0 Å². The van der Waals surface area contributed by atoms with Crippen molar-refractivity contribution in [2.75, 3.05) is 6.54 Å². The quantitative estimate of drug-likeness (QED) is 0.781. The van der Waals surface area contributed by atoms with Crippen LogP contribution in [0.5, 0.6) is 0 Å². The molecule has 0 aliphatic heterocycles. The van der Waals surface area contributed by atoms with Crippen LogP contribution in [0.2, 0.25) is 0 Å². The highest BCUT2D eigenvalue weighted by Gasteiger charge is 2.19. The van der Waals surface area contributed by atoms with Crippen LogP contribution in [0, 0.1) is 17.6 Å². The minimum absolute atomic E-state index is 0.203. The molecule has 1 aromatic carbocycles. The van der Waals surface area contributed by atoms with Gasteiger partial charge in [-0.05, 0) is 43.0 Å². The van der Waals surface area contributed by atoms with Crippen molar-refractivity contribution < 1.29 is 8.78 Å². The summed E-state index contributed by atoms with van der Waals surface area (Å²) in [5.41, 5.74) is 0.679. The van der Waals surface area contributed by atoms with Gasteiger partial charge in [-0.15, -0.1) is 11.8 Å². The number of benzene rings is 1. The number of thioether (sulfide) groups is 1. The lowest BCUT2D eigenvalue weighted by molar-refractivity contribution is 0.507. The third-order valence-electron chi connectivity index (χ3n) is 3.78. The van der Waals surface area contributed by atoms with E-state index in [-0.39, 0.29) is 4.90 Å². The van der Waals surface area contributed by atoms with Crippen molar-refractivity contribution in [3.05, 3.63) is 29.3 Å². The Bertz CT molecular complexity index is 433. The van der Waals surface area contributed by atoms with Gasteiger partial charge in [0, 0.05) is 11.8 Å². The molecule has 118 valence electrons. The molecule has 0 atom stereocenters. The third kappa shape index (κ3) is 5.26. The smallest absolute Gasteiger partial charge is 0.140 e. The zero-order valence-corrected chi connectivity index (χ0v) is 13.7. The van der Waals surface area contributed by atoms with E-state index in [1.54, 1.807) is 0 Å². The van der Waals surface area contributed by atoms with E-state index in [2.05, 4.69) is 19.2 Å². The second-order valence-electron chi connectivity index (χ2n) is 6.29. The molecule has 0 radical (unpaired) electrons. The molecule has 1 fully saturated rings. The summed E-state index contributed by atoms with van der Waals surface area (Å²) in [6.45, 7) is 5.58. The molecule has 0 unspecified atom stereocenters. The van der Waals surface area contributed by atoms with Crippen molar-refractivity contribution in [3.63, 3.8) is 0 Å². The molecule has 0 bridgehead atoms. The number of hydrogen-bond acceptors (Lipinski definition) is 2. The van der Waals surface area contributed by atoms with Gasteiger partial charge in [-0.25, -0.2) is 8.78 Å². The predicted octanol–water partition coefficient (Wildman–Crippen LogP) is 5.14. The zero-order chi connectivity index (χ0) is 15.2. The van der Waals surface area contributed by atoms with Crippen LogP contribution in [0.4, 0.5) is 8.78 Å². The molecule has 1 aliphatic carbocycles. The van der Waals surface area contributed by atoms with E-state index in [0.29, 0.717) is 23.3 Å². The second kappa shape index (κ2) is 8.14. The van der Waals surface area contributed by atoms with Gasteiger partial charge in [0.1, 0.15) is 11.6 Å². The first kappa shape index (κ1) is 16.8. The van der Waals surface area contributed by atoms with Gasteiger partial charge in [0.2, 0.25) is 0 Å². The van der Waals surface area contributed by atoms with Crippen LogP contribution in [-0.2, 0) is 6.54 Å². The first-order valence-corrected chi connectivity index (χ1v) is 8.79. The molecular weight excluding hydrogens is 288 g/mol. The number of halogens is 2. The van der Waals surface area contributed by atoms with E-state index >= 15 is 0 Å². The van der Waals surface area contributed by atoms with Gasteiger partial charge in [0.25, 0.3) is 0 Å². The van der Waals surface area contributed by atoms with E-state index in [9.17, 15) is 8.78 Å². The van der Waals surface area contributed by atoms with Gasteiger partial charge in [0.05, 0.1) is 4.90 Å². The Hall–Kier alpha value is -0.610. The molecule has 0 saturated heterocycles. The normalized spacial score (nSPS) is 16.6. The van der Waals surface area contributed by atoms with Crippen molar-refractivity contribution in [1.82, 2.24) is 5.32 Å². The third-order valence-corrected chi connectivity index (χ3v) is 5.21. The van der Waals surface area contributed by atoms with Crippen LogP contribution >= 0.6 is 11.8 Å². The minimum atomic E-state index is -0.410. The SMILES string of the molecule is CC(C)CNCc1cc(F)c(SC2CCCCC2)c(F)c1. The van der Waals surface area contributed by atoms with E-state index in [1.165, 1.54) is 43.2 Å². The zero-order valence-electron chi connectivity index (χ0n) is 12.9. The van der Waals surface area contributed by atoms with Crippen LogP contribution in [0.25, 0.3) is 0 Å². The largest absolute Gasteiger partial charge is 0.312 e. The molecule has 0 aromatic heterocycles. The molecule has 1 saturated carbocycles. The minimum Gasteiger partial charge on any atom is -0.312 e. The van der Waals surface area contributed by atoms with Crippen LogP contribution in [0.1, 0.15) is 51.5 Å². The van der Waals surface area contributed by atoms with Crippen molar-refractivity contribution in [3.8, 4) is 0 Å². The molecule has 0 spiro atoms. The number of hydrogen-bond donors (Lipinski definition) is 1. The standard InChI is InChI=1S/C17H25F2NS/c1-12(2)10-20-11-13-8-15(18)17(16(19)9-13)21-14-6-4-3-5-7-14/h8-9,12,14,20H,3-7,10-11H2,1-2H3. The van der Waals surface area contributed by atoms with Gasteiger partial charge in [-0.2, -0.15) is 0 Å². The monoisotopic (exact) mass is 313 g/mol. The van der Waals surface area contributed by atoms with E-state index < -0.39 is 11.6 Å². The lowest BCUT2D eigenvalue weighted by atomic mass is 10.0. The lowest BCUT2D eigenvalue weighted by Gasteiger charge is -2.21. The van der Waals surface area contributed by atoms with Crippen LogP contribution in [0.3, 0.4) is 0 Å². The van der Waals surface area contributed by atoms with E-state index in [1.807, 2.05) is 0 Å². The second-order valence-corrected chi connectivity index (χ2v) is 7.60. The molecule has 1 aliphatic rings. The summed E-state index contributed by atoms with van der Waals surface area (Å²) in [7, 11) is 0. The molecule has 1 N–H and O–H groups in total. The van der Waals surface area contributed by atoms with E-state index in [0.717, 1.165) is 19.4 Å². The summed E-state index contributed by atoms with van der Waals surface area (Å²) >= 11 is 1.38. The Morgan fingerprint density at radius 3 is 2.33 bits per heavy atom. The van der Waals surface area contributed by atoms with E-state index in [4.69, 9.17) is 0 Å². The maximum Gasteiger partial charge on any atom is 0.140 e. The lowest BCUT2D eigenvalue weighted by Crippen LogP contribution is -2.19. The topological polar surface area (TPSA) is 12.0 Å². The fraction of sp³-hybridized carbons (Fsp3) is 0.647. The van der Waals surface area contributed by atoms with Gasteiger partial charge < -0.3 is 5.32 Å². The summed E-state index contributed by atoms with van der Waals surface area (Å²) in [6.07, 6.45) is 5.75. The Kier molecular flexibility index (Phi) is 6.49. The molecule has 1 aromatic rings. The van der Waals surface area contributed by atoms with Crippen LogP contribution < -0.4 is 5.32 Å². The average molecular weight is 313 g/mol. The molecule has 2 rings (SSSR count). The average Bonchev–Trinajstić information content (AvgIpc) is 2.44. The van der Waals surface area contributed by atoms with Crippen LogP contribution in [-0.4, -0.2) is 11.8 Å². The number of nitrogens with one attached hydrogen (secondary N) is 1. The highest BCUT2D eigenvalue weighted by Crippen LogP contribution is 2.36. The fourth-order valence-electron chi connectivity index (χ4n) is 2.68.